The molecule has 0 bridgehead atoms. The predicted octanol–water partition coefficient (Wildman–Crippen LogP) is 5.08. The van der Waals surface area contributed by atoms with Crippen molar-refractivity contribution in [1.82, 2.24) is 0 Å². The summed E-state index contributed by atoms with van der Waals surface area (Å²) in [6.07, 6.45) is 2.73. The molecule has 31 heavy (non-hydrogen) atoms. The lowest BCUT2D eigenvalue weighted by Gasteiger charge is -2.07. The largest absolute Gasteiger partial charge is 0.399 e. The summed E-state index contributed by atoms with van der Waals surface area (Å²) in [6.45, 7) is 0. The summed E-state index contributed by atoms with van der Waals surface area (Å²) in [6, 6.07) is 31.8. The molecule has 0 saturated carbocycles. The van der Waals surface area contributed by atoms with Gasteiger partial charge in [-0.1, -0.05) is 60.7 Å². The Morgan fingerprint density at radius 1 is 0.452 bits per heavy atom. The molecule has 0 unspecified atom stereocenters. The zero-order valence-electron chi connectivity index (χ0n) is 17.7. The lowest BCUT2D eigenvalue weighted by atomic mass is 10.0. The van der Waals surface area contributed by atoms with Crippen LogP contribution in [0.3, 0.4) is 0 Å². The number of rotatable bonds is 5. The minimum absolute atomic E-state index is 0.802. The highest BCUT2D eigenvalue weighted by Gasteiger charge is 2.01. The predicted molar refractivity (Wildman–Crippen MR) is 134 cm³/mol. The molecule has 0 atom stereocenters. The van der Waals surface area contributed by atoms with Crippen molar-refractivity contribution < 1.29 is 0 Å². The highest BCUT2D eigenvalue weighted by molar-refractivity contribution is 5.49. The zero-order valence-corrected chi connectivity index (χ0v) is 17.7. The number of hydrogen-bond acceptors (Lipinski definition) is 4. The van der Waals surface area contributed by atoms with Gasteiger partial charge in [-0.3, -0.25) is 0 Å². The van der Waals surface area contributed by atoms with E-state index in [0.717, 1.165) is 42.0 Å². The van der Waals surface area contributed by atoms with E-state index in [2.05, 4.69) is 24.3 Å². The SMILES string of the molecule is Nc1cccc(Cc2cccc(N)c2)c1.Nc1ccccc1CCc1ccccc1N. The van der Waals surface area contributed by atoms with Gasteiger partial charge in [0.15, 0.2) is 0 Å². The van der Waals surface area contributed by atoms with Crippen LogP contribution in [0.4, 0.5) is 22.7 Å². The number of para-hydroxylation sites is 2. The molecule has 0 amide bonds. The van der Waals surface area contributed by atoms with Gasteiger partial charge >= 0.3 is 0 Å². The van der Waals surface area contributed by atoms with Gasteiger partial charge in [-0.05, 0) is 77.9 Å². The number of nitrogens with two attached hydrogens (primary N) is 4. The lowest BCUT2D eigenvalue weighted by molar-refractivity contribution is 0.966. The molecule has 8 N–H and O–H groups in total. The monoisotopic (exact) mass is 410 g/mol. The smallest absolute Gasteiger partial charge is 0.0346 e. The van der Waals surface area contributed by atoms with Gasteiger partial charge in [0, 0.05) is 22.7 Å². The van der Waals surface area contributed by atoms with E-state index in [-0.39, 0.29) is 0 Å². The molecule has 4 heteroatoms. The Morgan fingerprint density at radius 2 is 0.871 bits per heavy atom. The Balaban J connectivity index is 0.000000176. The third-order valence-corrected chi connectivity index (χ3v) is 5.08. The van der Waals surface area contributed by atoms with Crippen LogP contribution in [0.1, 0.15) is 22.3 Å². The van der Waals surface area contributed by atoms with Gasteiger partial charge in [0.1, 0.15) is 0 Å². The maximum absolute atomic E-state index is 5.89. The van der Waals surface area contributed by atoms with Gasteiger partial charge in [0.25, 0.3) is 0 Å². The average molecular weight is 411 g/mol. The Labute approximate surface area is 184 Å². The first-order valence-electron chi connectivity index (χ1n) is 10.4. The van der Waals surface area contributed by atoms with Gasteiger partial charge in [0.2, 0.25) is 0 Å². The molecule has 0 aromatic heterocycles. The molecular weight excluding hydrogens is 380 g/mol. The summed E-state index contributed by atoms with van der Waals surface area (Å²) in [5.41, 5.74) is 31.3. The van der Waals surface area contributed by atoms with Gasteiger partial charge in [-0.25, -0.2) is 0 Å². The highest BCUT2D eigenvalue weighted by atomic mass is 14.6. The molecule has 0 heterocycles. The van der Waals surface area contributed by atoms with Crippen LogP contribution in [0, 0.1) is 0 Å². The van der Waals surface area contributed by atoms with Crippen molar-refractivity contribution in [1.29, 1.82) is 0 Å². The fourth-order valence-electron chi connectivity index (χ4n) is 3.43. The van der Waals surface area contributed by atoms with E-state index in [1.807, 2.05) is 72.8 Å². The van der Waals surface area contributed by atoms with Crippen LogP contribution in [-0.4, -0.2) is 0 Å². The summed E-state index contributed by atoms with van der Waals surface area (Å²) in [4.78, 5) is 0. The van der Waals surface area contributed by atoms with E-state index in [0.29, 0.717) is 0 Å². The van der Waals surface area contributed by atoms with Crippen molar-refractivity contribution in [3.8, 4) is 0 Å². The molecule has 4 aromatic carbocycles. The van der Waals surface area contributed by atoms with Gasteiger partial charge in [-0.2, -0.15) is 0 Å². The van der Waals surface area contributed by atoms with E-state index in [4.69, 9.17) is 22.9 Å². The van der Waals surface area contributed by atoms with E-state index < -0.39 is 0 Å². The third-order valence-electron chi connectivity index (χ3n) is 5.08. The van der Waals surface area contributed by atoms with Gasteiger partial charge in [0.05, 0.1) is 0 Å². The quantitative estimate of drug-likeness (QED) is 0.344. The molecule has 0 aliphatic carbocycles. The van der Waals surface area contributed by atoms with Crippen LogP contribution < -0.4 is 22.9 Å². The van der Waals surface area contributed by atoms with E-state index in [1.54, 1.807) is 0 Å². The average Bonchev–Trinajstić information content (AvgIpc) is 2.75. The van der Waals surface area contributed by atoms with Crippen molar-refractivity contribution in [3.63, 3.8) is 0 Å². The van der Waals surface area contributed by atoms with Crippen LogP contribution in [0.5, 0.6) is 0 Å². The Hall–Kier alpha value is -3.92. The van der Waals surface area contributed by atoms with Gasteiger partial charge in [-0.15, -0.1) is 0 Å². The first kappa shape index (κ1) is 21.8. The van der Waals surface area contributed by atoms with Crippen LogP contribution in [0.15, 0.2) is 97.1 Å². The highest BCUT2D eigenvalue weighted by Crippen LogP contribution is 2.17. The van der Waals surface area contributed by atoms with Crippen LogP contribution in [0.25, 0.3) is 0 Å². The second-order valence-corrected chi connectivity index (χ2v) is 7.56. The summed E-state index contributed by atoms with van der Waals surface area (Å²) >= 11 is 0. The topological polar surface area (TPSA) is 104 Å². The minimum Gasteiger partial charge on any atom is -0.399 e. The van der Waals surface area contributed by atoms with Crippen molar-refractivity contribution in [2.24, 2.45) is 0 Å². The summed E-state index contributed by atoms with van der Waals surface area (Å²) in [5.74, 6) is 0. The van der Waals surface area contributed by atoms with E-state index >= 15 is 0 Å². The third kappa shape index (κ3) is 6.82. The van der Waals surface area contributed by atoms with Crippen molar-refractivity contribution >= 4 is 22.7 Å². The van der Waals surface area contributed by atoms with Crippen molar-refractivity contribution in [2.75, 3.05) is 22.9 Å². The molecule has 0 saturated heterocycles. The summed E-state index contributed by atoms with van der Waals surface area (Å²) in [5, 5.41) is 0. The first-order valence-corrected chi connectivity index (χ1v) is 10.4. The molecule has 0 aliphatic rings. The molecule has 0 aliphatic heterocycles. The van der Waals surface area contributed by atoms with E-state index in [9.17, 15) is 0 Å². The van der Waals surface area contributed by atoms with Gasteiger partial charge < -0.3 is 22.9 Å². The fourth-order valence-corrected chi connectivity index (χ4v) is 3.43. The van der Waals surface area contributed by atoms with Crippen molar-refractivity contribution in [3.05, 3.63) is 119 Å². The molecule has 158 valence electrons. The maximum Gasteiger partial charge on any atom is 0.0346 e. The minimum atomic E-state index is 0.802. The number of benzene rings is 4. The first-order chi connectivity index (χ1) is 15.0. The summed E-state index contributed by atoms with van der Waals surface area (Å²) in [7, 11) is 0. The molecule has 0 spiro atoms. The number of hydrogen-bond donors (Lipinski definition) is 4. The lowest BCUT2D eigenvalue weighted by Crippen LogP contribution is -1.99. The van der Waals surface area contributed by atoms with E-state index in [1.165, 1.54) is 22.3 Å². The standard InChI is InChI=1S/C14H16N2.C13H14N2/c15-13-7-3-1-5-11(13)9-10-12-6-2-4-8-14(12)16;14-12-5-1-3-10(8-12)7-11-4-2-6-13(15)9-11/h1-8H,9-10,15-16H2;1-6,8-9H,7,14-15H2. The van der Waals surface area contributed by atoms with Crippen LogP contribution in [-0.2, 0) is 19.3 Å². The fraction of sp³-hybridized carbons (Fsp3) is 0.111. The molecule has 4 aromatic rings. The summed E-state index contributed by atoms with van der Waals surface area (Å²) < 4.78 is 0. The van der Waals surface area contributed by atoms with Crippen LogP contribution in [0.2, 0.25) is 0 Å². The molecular formula is C27H30N4. The molecule has 0 fully saturated rings. The Kier molecular flexibility index (Phi) is 7.55. The molecule has 4 nitrogen and oxygen atoms in total. The molecule has 0 radical (unpaired) electrons. The molecule has 4 rings (SSSR count). The zero-order chi connectivity index (χ0) is 22.1. The van der Waals surface area contributed by atoms with Crippen molar-refractivity contribution in [2.45, 2.75) is 19.3 Å². The number of nitrogen functional groups attached to an aromatic ring is 4. The maximum atomic E-state index is 5.89. The second kappa shape index (κ2) is 10.7. The normalized spacial score (nSPS) is 10.2. The number of anilines is 4. The number of aryl methyl sites for hydroxylation is 2. The Bertz CT molecular complexity index is 1030. The Morgan fingerprint density at radius 3 is 1.26 bits per heavy atom. The second-order valence-electron chi connectivity index (χ2n) is 7.56. The van der Waals surface area contributed by atoms with Crippen LogP contribution >= 0.6 is 0 Å².